The van der Waals surface area contributed by atoms with E-state index in [9.17, 15) is 13.6 Å². The van der Waals surface area contributed by atoms with Crippen LogP contribution in [0.15, 0.2) is 18.2 Å². The number of carbonyl (C=O) groups excluding carboxylic acids is 1. The Morgan fingerprint density at radius 2 is 2.20 bits per heavy atom. The zero-order valence-corrected chi connectivity index (χ0v) is 11.4. The molecule has 0 spiro atoms. The van der Waals surface area contributed by atoms with Crippen LogP contribution in [0, 0.1) is 18.6 Å². The van der Waals surface area contributed by atoms with Crippen molar-refractivity contribution >= 4 is 23.5 Å². The van der Waals surface area contributed by atoms with Crippen LogP contribution in [0.1, 0.15) is 22.1 Å². The molecule has 0 unspecified atom stereocenters. The number of hydrogen-bond donors (Lipinski definition) is 2. The van der Waals surface area contributed by atoms with Gasteiger partial charge in [-0.1, -0.05) is 12.1 Å². The van der Waals surface area contributed by atoms with Crippen LogP contribution in [0.4, 0.5) is 14.6 Å². The fourth-order valence-electron chi connectivity index (χ4n) is 2.23. The average Bonchev–Trinajstić information content (AvgIpc) is 2.68. The molecule has 1 aliphatic heterocycles. The molecule has 1 amide bonds. The van der Waals surface area contributed by atoms with Crippen molar-refractivity contribution in [1.82, 2.24) is 10.2 Å². The standard InChI is InChI=1S/C13H11F2N3OS/c1-6-10-12(7-3-2-4-8(14)11(7)15)20-5-9(19)16-13(10)18-17-6/h2-4,12H,5H2,1H3,(H2,16,17,18,19)/t12-/m1/s1. The number of anilines is 1. The van der Waals surface area contributed by atoms with Crippen LogP contribution in [-0.4, -0.2) is 21.9 Å². The monoisotopic (exact) mass is 295 g/mol. The average molecular weight is 295 g/mol. The van der Waals surface area contributed by atoms with Crippen molar-refractivity contribution in [3.63, 3.8) is 0 Å². The predicted molar refractivity (Wildman–Crippen MR) is 72.6 cm³/mol. The highest BCUT2D eigenvalue weighted by atomic mass is 32.2. The number of halogens is 2. The maximum absolute atomic E-state index is 14.0. The van der Waals surface area contributed by atoms with E-state index in [-0.39, 0.29) is 17.2 Å². The van der Waals surface area contributed by atoms with E-state index < -0.39 is 16.9 Å². The van der Waals surface area contributed by atoms with Gasteiger partial charge in [0.15, 0.2) is 17.5 Å². The number of fused-ring (bicyclic) bond motifs is 1. The molecule has 1 aromatic carbocycles. The molecular formula is C13H11F2N3OS. The number of aromatic amines is 1. The second kappa shape index (κ2) is 4.90. The predicted octanol–water partition coefficient (Wildman–Crippen LogP) is 2.77. The van der Waals surface area contributed by atoms with Gasteiger partial charge in [0.1, 0.15) is 0 Å². The molecule has 1 atom stereocenters. The van der Waals surface area contributed by atoms with Gasteiger partial charge in [-0.05, 0) is 13.0 Å². The molecule has 4 nitrogen and oxygen atoms in total. The number of thioether (sulfide) groups is 1. The van der Waals surface area contributed by atoms with Crippen LogP contribution in [0.5, 0.6) is 0 Å². The number of nitrogens with zero attached hydrogens (tertiary/aromatic N) is 1. The lowest BCUT2D eigenvalue weighted by molar-refractivity contribution is -0.113. The first-order valence-electron chi connectivity index (χ1n) is 5.98. The zero-order chi connectivity index (χ0) is 14.3. The Morgan fingerprint density at radius 1 is 1.40 bits per heavy atom. The summed E-state index contributed by atoms with van der Waals surface area (Å²) in [4.78, 5) is 11.6. The third-order valence-corrected chi connectivity index (χ3v) is 4.41. The van der Waals surface area contributed by atoms with Crippen molar-refractivity contribution in [3.05, 3.63) is 46.7 Å². The summed E-state index contributed by atoms with van der Waals surface area (Å²) >= 11 is 1.25. The van der Waals surface area contributed by atoms with Crippen molar-refractivity contribution in [1.29, 1.82) is 0 Å². The van der Waals surface area contributed by atoms with Crippen molar-refractivity contribution < 1.29 is 13.6 Å². The van der Waals surface area contributed by atoms with E-state index >= 15 is 0 Å². The minimum absolute atomic E-state index is 0.163. The first-order chi connectivity index (χ1) is 9.58. The van der Waals surface area contributed by atoms with Crippen molar-refractivity contribution in [2.24, 2.45) is 0 Å². The summed E-state index contributed by atoms with van der Waals surface area (Å²) in [6.07, 6.45) is 0. The molecule has 3 rings (SSSR count). The van der Waals surface area contributed by atoms with E-state index in [1.54, 1.807) is 6.92 Å². The summed E-state index contributed by atoms with van der Waals surface area (Å²) in [6.45, 7) is 1.79. The zero-order valence-electron chi connectivity index (χ0n) is 10.5. The lowest BCUT2D eigenvalue weighted by atomic mass is 10.0. The van der Waals surface area contributed by atoms with Crippen molar-refractivity contribution in [2.45, 2.75) is 12.2 Å². The van der Waals surface area contributed by atoms with Gasteiger partial charge in [0.25, 0.3) is 0 Å². The summed E-state index contributed by atoms with van der Waals surface area (Å²) in [5, 5.41) is 8.96. The molecule has 2 aromatic rings. The van der Waals surface area contributed by atoms with Gasteiger partial charge >= 0.3 is 0 Å². The molecule has 1 aliphatic rings. The molecule has 0 saturated heterocycles. The maximum atomic E-state index is 14.0. The highest BCUT2D eigenvalue weighted by Gasteiger charge is 2.30. The molecule has 2 heterocycles. The SMILES string of the molecule is Cc1[nH]nc2c1[C@@H](c1cccc(F)c1F)SCC(=O)N2. The lowest BCUT2D eigenvalue weighted by Gasteiger charge is -2.16. The van der Waals surface area contributed by atoms with Crippen molar-refractivity contribution in [3.8, 4) is 0 Å². The van der Waals surface area contributed by atoms with E-state index in [0.29, 0.717) is 11.4 Å². The second-order valence-corrected chi connectivity index (χ2v) is 5.59. The van der Waals surface area contributed by atoms with Gasteiger partial charge in [-0.25, -0.2) is 8.78 Å². The number of carbonyl (C=O) groups is 1. The Kier molecular flexibility index (Phi) is 3.21. The van der Waals surface area contributed by atoms with Gasteiger partial charge in [0.05, 0.1) is 11.0 Å². The first-order valence-corrected chi connectivity index (χ1v) is 7.03. The van der Waals surface area contributed by atoms with Crippen LogP contribution >= 0.6 is 11.8 Å². The van der Waals surface area contributed by atoms with Gasteiger partial charge in [-0.3, -0.25) is 9.89 Å². The summed E-state index contributed by atoms with van der Waals surface area (Å²) < 4.78 is 27.4. The Bertz CT molecular complexity index is 686. The number of H-pyrrole nitrogens is 1. The fraction of sp³-hybridized carbons (Fsp3) is 0.231. The number of nitrogens with one attached hydrogen (secondary N) is 2. The Morgan fingerprint density at radius 3 is 3.00 bits per heavy atom. The molecule has 1 aromatic heterocycles. The molecule has 0 aliphatic carbocycles. The van der Waals surface area contributed by atoms with Gasteiger partial charge in [0.2, 0.25) is 5.91 Å². The molecule has 0 radical (unpaired) electrons. The highest BCUT2D eigenvalue weighted by Crippen LogP contribution is 2.43. The normalized spacial score (nSPS) is 18.4. The third-order valence-electron chi connectivity index (χ3n) is 3.16. The number of rotatable bonds is 1. The first kappa shape index (κ1) is 13.1. The van der Waals surface area contributed by atoms with Crippen LogP contribution in [0.25, 0.3) is 0 Å². The number of hydrogen-bond acceptors (Lipinski definition) is 3. The largest absolute Gasteiger partial charge is 0.308 e. The van der Waals surface area contributed by atoms with Gasteiger partial charge < -0.3 is 5.32 Å². The molecular weight excluding hydrogens is 284 g/mol. The van der Waals surface area contributed by atoms with E-state index in [2.05, 4.69) is 15.5 Å². The molecule has 0 bridgehead atoms. The third kappa shape index (κ3) is 2.07. The number of amides is 1. The molecule has 0 saturated carbocycles. The Hall–Kier alpha value is -1.89. The minimum Gasteiger partial charge on any atom is -0.308 e. The van der Waals surface area contributed by atoms with E-state index in [4.69, 9.17) is 0 Å². The maximum Gasteiger partial charge on any atom is 0.235 e. The molecule has 7 heteroatoms. The van der Waals surface area contributed by atoms with E-state index in [1.807, 2.05) is 0 Å². The summed E-state index contributed by atoms with van der Waals surface area (Å²) in [5.41, 5.74) is 1.63. The quantitative estimate of drug-likeness (QED) is 0.850. The van der Waals surface area contributed by atoms with Gasteiger partial charge in [-0.15, -0.1) is 11.8 Å². The van der Waals surface area contributed by atoms with E-state index in [0.717, 1.165) is 11.8 Å². The van der Waals surface area contributed by atoms with Gasteiger partial charge in [-0.2, -0.15) is 5.10 Å². The molecule has 0 fully saturated rings. The molecule has 104 valence electrons. The van der Waals surface area contributed by atoms with Crippen LogP contribution in [-0.2, 0) is 4.79 Å². The van der Waals surface area contributed by atoms with Crippen molar-refractivity contribution in [2.75, 3.05) is 11.1 Å². The summed E-state index contributed by atoms with van der Waals surface area (Å²) in [5.74, 6) is -1.44. The Balaban J connectivity index is 2.16. The number of aryl methyl sites for hydroxylation is 1. The van der Waals surface area contributed by atoms with E-state index in [1.165, 1.54) is 23.9 Å². The van der Waals surface area contributed by atoms with Crippen LogP contribution < -0.4 is 5.32 Å². The Labute approximate surface area is 118 Å². The minimum atomic E-state index is -0.894. The van der Waals surface area contributed by atoms with Crippen LogP contribution in [0.3, 0.4) is 0 Å². The fourth-order valence-corrected chi connectivity index (χ4v) is 3.44. The number of aromatic nitrogens is 2. The molecule has 2 N–H and O–H groups in total. The number of benzene rings is 1. The summed E-state index contributed by atoms with van der Waals surface area (Å²) in [6, 6.07) is 4.07. The highest BCUT2D eigenvalue weighted by molar-refractivity contribution is 8.00. The molecule has 20 heavy (non-hydrogen) atoms. The topological polar surface area (TPSA) is 57.8 Å². The lowest BCUT2D eigenvalue weighted by Crippen LogP contribution is -2.12. The second-order valence-electron chi connectivity index (χ2n) is 4.49. The van der Waals surface area contributed by atoms with Crippen LogP contribution in [0.2, 0.25) is 0 Å². The smallest absolute Gasteiger partial charge is 0.235 e. The van der Waals surface area contributed by atoms with Gasteiger partial charge in [0, 0.05) is 16.8 Å². The summed E-state index contributed by atoms with van der Waals surface area (Å²) in [7, 11) is 0.